The number of methoxy groups -OCH3 is 2. The minimum absolute atomic E-state index is 0.0894. The molecule has 0 aromatic heterocycles. The van der Waals surface area contributed by atoms with Gasteiger partial charge in [-0.25, -0.2) is 8.42 Å². The Labute approximate surface area is 201 Å². The topological polar surface area (TPSA) is 84.9 Å². The minimum atomic E-state index is -4.03. The molecule has 180 valence electrons. The number of hydrogen-bond donors (Lipinski definition) is 1. The second kappa shape index (κ2) is 11.1. The van der Waals surface area contributed by atoms with Gasteiger partial charge in [-0.05, 0) is 54.8 Å². The molecule has 1 N–H and O–H groups in total. The lowest BCUT2D eigenvalue weighted by atomic mass is 10.0. The van der Waals surface area contributed by atoms with Crippen molar-refractivity contribution in [1.29, 1.82) is 0 Å². The quantitative estimate of drug-likeness (QED) is 0.461. The van der Waals surface area contributed by atoms with Gasteiger partial charge in [-0.15, -0.1) is 0 Å². The molecule has 0 radical (unpaired) electrons. The Kier molecular flexibility index (Phi) is 8.17. The maximum atomic E-state index is 13.6. The van der Waals surface area contributed by atoms with Crippen molar-refractivity contribution in [2.75, 3.05) is 25.1 Å². The standard InChI is InChI=1S/C26H30N2O5S/c1-5-22(20-15-16-24(32-3)19(2)17-20)27-26(29)18-28(23-13-9-10-14-25(23)33-4)34(30,31)21-11-7-6-8-12-21/h6-17,22H,5,18H2,1-4H3,(H,27,29). The molecule has 1 atom stereocenters. The number of para-hydroxylation sites is 2. The SMILES string of the molecule is CCC(NC(=O)CN(c1ccccc1OC)S(=O)(=O)c1ccccc1)c1ccc(OC)c(C)c1. The zero-order chi connectivity index (χ0) is 24.7. The van der Waals surface area contributed by atoms with Crippen molar-refractivity contribution in [2.45, 2.75) is 31.2 Å². The van der Waals surface area contributed by atoms with Gasteiger partial charge in [-0.3, -0.25) is 9.10 Å². The highest BCUT2D eigenvalue weighted by molar-refractivity contribution is 7.92. The normalized spacial score (nSPS) is 12.0. The van der Waals surface area contributed by atoms with Gasteiger partial charge in [-0.2, -0.15) is 0 Å². The smallest absolute Gasteiger partial charge is 0.264 e. The summed E-state index contributed by atoms with van der Waals surface area (Å²) in [6.07, 6.45) is 0.637. The monoisotopic (exact) mass is 482 g/mol. The van der Waals surface area contributed by atoms with Gasteiger partial charge in [0, 0.05) is 0 Å². The third-order valence-electron chi connectivity index (χ3n) is 5.54. The fraction of sp³-hybridized carbons (Fsp3) is 0.269. The van der Waals surface area contributed by atoms with Crippen molar-refractivity contribution in [3.8, 4) is 11.5 Å². The fourth-order valence-electron chi connectivity index (χ4n) is 3.77. The zero-order valence-electron chi connectivity index (χ0n) is 19.8. The summed E-state index contributed by atoms with van der Waals surface area (Å²) in [6.45, 7) is 3.50. The molecule has 8 heteroatoms. The number of nitrogens with one attached hydrogen (secondary N) is 1. The van der Waals surface area contributed by atoms with Crippen LogP contribution in [0.3, 0.4) is 0 Å². The molecule has 0 spiro atoms. The molecule has 0 heterocycles. The predicted octanol–water partition coefficient (Wildman–Crippen LogP) is 4.48. The summed E-state index contributed by atoms with van der Waals surface area (Å²) >= 11 is 0. The molecule has 0 aliphatic rings. The number of amides is 1. The van der Waals surface area contributed by atoms with E-state index >= 15 is 0 Å². The summed E-state index contributed by atoms with van der Waals surface area (Å²) in [6, 6.07) is 20.2. The molecule has 0 saturated heterocycles. The molecule has 0 fully saturated rings. The number of hydrogen-bond acceptors (Lipinski definition) is 5. The van der Waals surface area contributed by atoms with Gasteiger partial charge in [0.25, 0.3) is 10.0 Å². The van der Waals surface area contributed by atoms with E-state index in [1.807, 2.05) is 32.0 Å². The van der Waals surface area contributed by atoms with E-state index in [0.717, 1.165) is 21.2 Å². The van der Waals surface area contributed by atoms with Crippen LogP contribution in [0.4, 0.5) is 5.69 Å². The Morgan fingerprint density at radius 2 is 1.59 bits per heavy atom. The fourth-order valence-corrected chi connectivity index (χ4v) is 5.22. The highest BCUT2D eigenvalue weighted by atomic mass is 32.2. The lowest BCUT2D eigenvalue weighted by Crippen LogP contribution is -2.42. The van der Waals surface area contributed by atoms with Crippen LogP contribution in [0.15, 0.2) is 77.7 Å². The van der Waals surface area contributed by atoms with Crippen LogP contribution in [0, 0.1) is 6.92 Å². The summed E-state index contributed by atoms with van der Waals surface area (Å²) in [4.78, 5) is 13.3. The van der Waals surface area contributed by atoms with Crippen LogP contribution in [-0.2, 0) is 14.8 Å². The summed E-state index contributed by atoms with van der Waals surface area (Å²) in [5, 5.41) is 2.98. The second-order valence-corrected chi connectivity index (χ2v) is 9.62. The highest BCUT2D eigenvalue weighted by Gasteiger charge is 2.29. The van der Waals surface area contributed by atoms with Crippen molar-refractivity contribution in [3.63, 3.8) is 0 Å². The summed E-state index contributed by atoms with van der Waals surface area (Å²) in [5.41, 5.74) is 2.16. The van der Waals surface area contributed by atoms with Gasteiger partial charge in [0.2, 0.25) is 5.91 Å². The van der Waals surface area contributed by atoms with E-state index < -0.39 is 22.5 Å². The largest absolute Gasteiger partial charge is 0.496 e. The number of rotatable bonds is 10. The van der Waals surface area contributed by atoms with E-state index in [-0.39, 0.29) is 16.6 Å². The van der Waals surface area contributed by atoms with E-state index in [0.29, 0.717) is 12.2 Å². The number of anilines is 1. The molecule has 34 heavy (non-hydrogen) atoms. The zero-order valence-corrected chi connectivity index (χ0v) is 20.6. The lowest BCUT2D eigenvalue weighted by molar-refractivity contribution is -0.120. The van der Waals surface area contributed by atoms with Crippen LogP contribution in [0.25, 0.3) is 0 Å². The van der Waals surface area contributed by atoms with Crippen molar-refractivity contribution in [1.82, 2.24) is 5.32 Å². The Bertz CT molecular complexity index is 1230. The van der Waals surface area contributed by atoms with Crippen molar-refractivity contribution >= 4 is 21.6 Å². The first-order chi connectivity index (χ1) is 16.3. The second-order valence-electron chi connectivity index (χ2n) is 7.75. The van der Waals surface area contributed by atoms with E-state index in [1.54, 1.807) is 49.6 Å². The Hall–Kier alpha value is -3.52. The molecule has 1 unspecified atom stereocenters. The molecule has 0 aliphatic carbocycles. The van der Waals surface area contributed by atoms with Gasteiger partial charge in [0.05, 0.1) is 30.8 Å². The van der Waals surface area contributed by atoms with Gasteiger partial charge in [-0.1, -0.05) is 49.4 Å². The number of sulfonamides is 1. The van der Waals surface area contributed by atoms with E-state index in [2.05, 4.69) is 5.32 Å². The van der Waals surface area contributed by atoms with E-state index in [1.165, 1.54) is 19.2 Å². The van der Waals surface area contributed by atoms with Crippen LogP contribution < -0.4 is 19.1 Å². The van der Waals surface area contributed by atoms with Crippen LogP contribution >= 0.6 is 0 Å². The lowest BCUT2D eigenvalue weighted by Gasteiger charge is -2.27. The van der Waals surface area contributed by atoms with Gasteiger partial charge in [0.1, 0.15) is 18.0 Å². The number of nitrogens with zero attached hydrogens (tertiary/aromatic N) is 1. The third-order valence-corrected chi connectivity index (χ3v) is 7.31. The molecule has 3 aromatic carbocycles. The predicted molar refractivity (Wildman–Crippen MR) is 133 cm³/mol. The summed E-state index contributed by atoms with van der Waals surface area (Å²) in [7, 11) is -0.953. The highest BCUT2D eigenvalue weighted by Crippen LogP contribution is 2.32. The van der Waals surface area contributed by atoms with Gasteiger partial charge >= 0.3 is 0 Å². The molecule has 1 amide bonds. The average Bonchev–Trinajstić information content (AvgIpc) is 2.86. The molecule has 0 saturated carbocycles. The number of carbonyl (C=O) groups excluding carboxylic acids is 1. The molecule has 7 nitrogen and oxygen atoms in total. The van der Waals surface area contributed by atoms with Crippen LogP contribution in [-0.4, -0.2) is 35.1 Å². The Balaban J connectivity index is 1.93. The first kappa shape index (κ1) is 25.1. The van der Waals surface area contributed by atoms with E-state index in [9.17, 15) is 13.2 Å². The number of benzene rings is 3. The summed E-state index contributed by atoms with van der Waals surface area (Å²) < 4.78 is 38.9. The van der Waals surface area contributed by atoms with Crippen molar-refractivity contribution < 1.29 is 22.7 Å². The molecular weight excluding hydrogens is 452 g/mol. The first-order valence-electron chi connectivity index (χ1n) is 11.0. The first-order valence-corrected chi connectivity index (χ1v) is 12.4. The summed E-state index contributed by atoms with van der Waals surface area (Å²) in [5.74, 6) is 0.694. The van der Waals surface area contributed by atoms with Crippen molar-refractivity contribution in [3.05, 3.63) is 83.9 Å². The maximum Gasteiger partial charge on any atom is 0.264 e. The number of ether oxygens (including phenoxy) is 2. The molecular formula is C26H30N2O5S. The van der Waals surface area contributed by atoms with Crippen LogP contribution in [0.2, 0.25) is 0 Å². The Morgan fingerprint density at radius 1 is 0.941 bits per heavy atom. The van der Waals surface area contributed by atoms with Gasteiger partial charge in [0.15, 0.2) is 0 Å². The molecule has 3 aromatic rings. The molecule has 0 bridgehead atoms. The number of carbonyl (C=O) groups is 1. The van der Waals surface area contributed by atoms with Crippen LogP contribution in [0.1, 0.15) is 30.5 Å². The third kappa shape index (κ3) is 5.51. The van der Waals surface area contributed by atoms with Crippen molar-refractivity contribution in [2.24, 2.45) is 0 Å². The van der Waals surface area contributed by atoms with E-state index in [4.69, 9.17) is 9.47 Å². The average molecular weight is 483 g/mol. The number of aryl methyl sites for hydroxylation is 1. The Morgan fingerprint density at radius 3 is 2.21 bits per heavy atom. The minimum Gasteiger partial charge on any atom is -0.496 e. The van der Waals surface area contributed by atoms with Gasteiger partial charge < -0.3 is 14.8 Å². The van der Waals surface area contributed by atoms with Crippen LogP contribution in [0.5, 0.6) is 11.5 Å². The molecule has 3 rings (SSSR count). The maximum absolute atomic E-state index is 13.6. The molecule has 0 aliphatic heterocycles.